The van der Waals surface area contributed by atoms with Gasteiger partial charge >= 0.3 is 0 Å². The molecule has 0 N–H and O–H groups in total. The summed E-state index contributed by atoms with van der Waals surface area (Å²) in [6, 6.07) is 0.664. The van der Waals surface area contributed by atoms with Crippen molar-refractivity contribution >= 4 is 28.3 Å². The van der Waals surface area contributed by atoms with Gasteiger partial charge in [-0.1, -0.05) is 37.8 Å². The minimum absolute atomic E-state index is 0.664. The molecule has 3 heteroatoms. The van der Waals surface area contributed by atoms with Gasteiger partial charge < -0.3 is 4.90 Å². The maximum absolute atomic E-state index is 5.13. The number of nitrogens with zero attached hydrogens (tertiary/aromatic N) is 1. The molecule has 0 aromatic carbocycles. The van der Waals surface area contributed by atoms with Gasteiger partial charge in [0, 0.05) is 18.8 Å². The van der Waals surface area contributed by atoms with Gasteiger partial charge in [0.25, 0.3) is 0 Å². The molecular formula is C7H13NS2. The Labute approximate surface area is 72.2 Å². The largest absolute Gasteiger partial charge is 0.356 e. The van der Waals surface area contributed by atoms with Crippen molar-refractivity contribution in [1.82, 2.24) is 4.90 Å². The topological polar surface area (TPSA) is 3.24 Å². The van der Waals surface area contributed by atoms with E-state index in [9.17, 15) is 0 Å². The molecule has 0 aromatic heterocycles. The van der Waals surface area contributed by atoms with Crippen LogP contribution in [0.3, 0.4) is 0 Å². The van der Waals surface area contributed by atoms with Crippen LogP contribution in [0.25, 0.3) is 0 Å². The molecule has 0 saturated carbocycles. The zero-order chi connectivity index (χ0) is 7.72. The van der Waals surface area contributed by atoms with Crippen LogP contribution in [0.2, 0.25) is 0 Å². The van der Waals surface area contributed by atoms with E-state index in [1.165, 1.54) is 5.75 Å². The van der Waals surface area contributed by atoms with E-state index < -0.39 is 0 Å². The fraction of sp³-hybridized carbons (Fsp3) is 0.857. The smallest absolute Gasteiger partial charge is 0.136 e. The van der Waals surface area contributed by atoms with E-state index in [2.05, 4.69) is 25.8 Å². The van der Waals surface area contributed by atoms with E-state index in [0.29, 0.717) is 6.04 Å². The third-order valence-electron chi connectivity index (χ3n) is 1.93. The Bertz CT molecular complexity index is 145. The highest BCUT2D eigenvalue weighted by atomic mass is 32.2. The summed E-state index contributed by atoms with van der Waals surface area (Å²) in [5.74, 6) is 1.89. The summed E-state index contributed by atoms with van der Waals surface area (Å²) in [5, 5.41) is 0. The average Bonchev–Trinajstić information content (AvgIpc) is 2.14. The molecule has 0 aromatic rings. The Morgan fingerprint density at radius 3 is 2.50 bits per heavy atom. The van der Waals surface area contributed by atoms with Crippen LogP contribution in [0, 0.1) is 5.92 Å². The molecule has 0 amide bonds. The van der Waals surface area contributed by atoms with Gasteiger partial charge in [-0.2, -0.15) is 0 Å². The molecule has 1 aliphatic rings. The lowest BCUT2D eigenvalue weighted by Gasteiger charge is -2.23. The first-order valence-electron chi connectivity index (χ1n) is 3.52. The molecule has 1 fully saturated rings. The SMILES string of the molecule is CC(C)[C@H]1CSC(=S)N1C. The highest BCUT2D eigenvalue weighted by molar-refractivity contribution is 8.23. The molecule has 1 heterocycles. The van der Waals surface area contributed by atoms with Crippen molar-refractivity contribution in [3.63, 3.8) is 0 Å². The van der Waals surface area contributed by atoms with E-state index >= 15 is 0 Å². The first-order valence-corrected chi connectivity index (χ1v) is 4.92. The Kier molecular flexibility index (Phi) is 2.58. The van der Waals surface area contributed by atoms with Crippen LogP contribution in [-0.2, 0) is 0 Å². The van der Waals surface area contributed by atoms with Crippen molar-refractivity contribution in [3.8, 4) is 0 Å². The summed E-state index contributed by atoms with van der Waals surface area (Å²) in [5.41, 5.74) is 0. The lowest BCUT2D eigenvalue weighted by molar-refractivity contribution is 0.331. The fourth-order valence-corrected chi connectivity index (χ4v) is 2.75. The van der Waals surface area contributed by atoms with Gasteiger partial charge in [-0.3, -0.25) is 0 Å². The lowest BCUT2D eigenvalue weighted by atomic mass is 10.1. The second-order valence-corrected chi connectivity index (χ2v) is 4.65. The molecule has 1 saturated heterocycles. The molecule has 1 aliphatic heterocycles. The third kappa shape index (κ3) is 1.45. The van der Waals surface area contributed by atoms with Gasteiger partial charge in [0.1, 0.15) is 4.32 Å². The van der Waals surface area contributed by atoms with Crippen LogP contribution >= 0.6 is 24.0 Å². The number of hydrogen-bond donors (Lipinski definition) is 0. The van der Waals surface area contributed by atoms with Gasteiger partial charge in [-0.25, -0.2) is 0 Å². The lowest BCUT2D eigenvalue weighted by Crippen LogP contribution is -2.33. The molecule has 0 radical (unpaired) electrons. The van der Waals surface area contributed by atoms with Crippen molar-refractivity contribution < 1.29 is 0 Å². The molecule has 0 aliphatic carbocycles. The second kappa shape index (κ2) is 3.09. The van der Waals surface area contributed by atoms with Crippen molar-refractivity contribution in [2.75, 3.05) is 12.8 Å². The van der Waals surface area contributed by atoms with E-state index in [0.717, 1.165) is 10.2 Å². The molecule has 0 unspecified atom stereocenters. The predicted octanol–water partition coefficient (Wildman–Crippen LogP) is 1.97. The number of thiocarbonyl (C=S) groups is 1. The first kappa shape index (κ1) is 8.34. The summed E-state index contributed by atoms with van der Waals surface area (Å²) in [6.45, 7) is 4.49. The molecule has 1 rings (SSSR count). The summed E-state index contributed by atoms with van der Waals surface area (Å²) in [6.07, 6.45) is 0. The predicted molar refractivity (Wildman–Crippen MR) is 51.4 cm³/mol. The van der Waals surface area contributed by atoms with Gasteiger partial charge in [0.05, 0.1) is 0 Å². The highest BCUT2D eigenvalue weighted by Gasteiger charge is 2.27. The maximum Gasteiger partial charge on any atom is 0.136 e. The van der Waals surface area contributed by atoms with Crippen molar-refractivity contribution in [3.05, 3.63) is 0 Å². The van der Waals surface area contributed by atoms with Gasteiger partial charge in [-0.05, 0) is 5.92 Å². The summed E-state index contributed by atoms with van der Waals surface area (Å²) in [7, 11) is 2.09. The standard InChI is InChI=1S/C7H13NS2/c1-5(2)6-4-10-7(9)8(6)3/h5-6H,4H2,1-3H3/t6-/m1/s1. The minimum atomic E-state index is 0.664. The summed E-state index contributed by atoms with van der Waals surface area (Å²) in [4.78, 5) is 2.21. The second-order valence-electron chi connectivity index (χ2n) is 3.00. The maximum atomic E-state index is 5.13. The van der Waals surface area contributed by atoms with Crippen LogP contribution in [0.15, 0.2) is 0 Å². The van der Waals surface area contributed by atoms with Gasteiger partial charge in [0.2, 0.25) is 0 Å². The molecule has 0 spiro atoms. The van der Waals surface area contributed by atoms with Crippen LogP contribution < -0.4 is 0 Å². The van der Waals surface area contributed by atoms with Crippen LogP contribution in [-0.4, -0.2) is 28.1 Å². The number of hydrogen-bond acceptors (Lipinski definition) is 2. The van der Waals surface area contributed by atoms with E-state index in [4.69, 9.17) is 12.2 Å². The minimum Gasteiger partial charge on any atom is -0.356 e. The quantitative estimate of drug-likeness (QED) is 0.561. The normalized spacial score (nSPS) is 26.6. The summed E-state index contributed by atoms with van der Waals surface area (Å²) < 4.78 is 1.05. The van der Waals surface area contributed by atoms with E-state index in [-0.39, 0.29) is 0 Å². The average molecular weight is 175 g/mol. The monoisotopic (exact) mass is 175 g/mol. The zero-order valence-electron chi connectivity index (χ0n) is 6.63. The van der Waals surface area contributed by atoms with Crippen LogP contribution in [0.4, 0.5) is 0 Å². The molecule has 10 heavy (non-hydrogen) atoms. The Morgan fingerprint density at radius 2 is 2.30 bits per heavy atom. The number of rotatable bonds is 1. The summed E-state index contributed by atoms with van der Waals surface area (Å²) >= 11 is 6.93. The fourth-order valence-electron chi connectivity index (χ4n) is 1.15. The van der Waals surface area contributed by atoms with Crippen molar-refractivity contribution in [2.24, 2.45) is 5.92 Å². The van der Waals surface area contributed by atoms with Crippen LogP contribution in [0.5, 0.6) is 0 Å². The molecular weight excluding hydrogens is 162 g/mol. The molecule has 58 valence electrons. The van der Waals surface area contributed by atoms with Gasteiger partial charge in [-0.15, -0.1) is 0 Å². The van der Waals surface area contributed by atoms with Gasteiger partial charge in [0.15, 0.2) is 0 Å². The Morgan fingerprint density at radius 1 is 1.70 bits per heavy atom. The first-order chi connectivity index (χ1) is 4.63. The highest BCUT2D eigenvalue weighted by Crippen LogP contribution is 2.26. The Balaban J connectivity index is 2.57. The van der Waals surface area contributed by atoms with Crippen LogP contribution in [0.1, 0.15) is 13.8 Å². The third-order valence-corrected chi connectivity index (χ3v) is 3.62. The molecule has 1 atom stereocenters. The van der Waals surface area contributed by atoms with Crippen molar-refractivity contribution in [2.45, 2.75) is 19.9 Å². The molecule has 1 nitrogen and oxygen atoms in total. The van der Waals surface area contributed by atoms with E-state index in [1.54, 1.807) is 11.8 Å². The Hall–Kier alpha value is 0.240. The van der Waals surface area contributed by atoms with E-state index in [1.807, 2.05) is 0 Å². The zero-order valence-corrected chi connectivity index (χ0v) is 8.26. The number of thioether (sulfide) groups is 1. The molecule has 0 bridgehead atoms. The van der Waals surface area contributed by atoms with Crippen molar-refractivity contribution in [1.29, 1.82) is 0 Å².